The lowest BCUT2D eigenvalue weighted by Gasteiger charge is -2.27. The van der Waals surface area contributed by atoms with Gasteiger partial charge in [-0.1, -0.05) is 11.6 Å². The first kappa shape index (κ1) is 17.3. The molecule has 2 bridgehead atoms. The average Bonchev–Trinajstić information content (AvgIpc) is 3.11. The number of benzene rings is 1. The first-order valence-electron chi connectivity index (χ1n) is 8.06. The van der Waals surface area contributed by atoms with Crippen LogP contribution in [0.3, 0.4) is 0 Å². The van der Waals surface area contributed by atoms with E-state index >= 15 is 0 Å². The molecular formula is C17H20Cl2N4O. The maximum Gasteiger partial charge on any atom is 0.257 e. The SMILES string of the molecule is Cl.O=C(c1cnn(-c2ccc(Cl)cc2)c1)N1C2CCNCC1CC2. The molecule has 1 amide bonds. The molecule has 2 unspecified atom stereocenters. The van der Waals surface area contributed by atoms with E-state index in [0.717, 1.165) is 38.0 Å². The molecule has 2 aliphatic heterocycles. The zero-order chi connectivity index (χ0) is 15.8. The molecule has 0 spiro atoms. The normalized spacial score (nSPS) is 22.8. The summed E-state index contributed by atoms with van der Waals surface area (Å²) in [7, 11) is 0. The van der Waals surface area contributed by atoms with Gasteiger partial charge in [-0.25, -0.2) is 4.68 Å². The van der Waals surface area contributed by atoms with E-state index < -0.39 is 0 Å². The summed E-state index contributed by atoms with van der Waals surface area (Å²) >= 11 is 5.91. The van der Waals surface area contributed by atoms with Crippen LogP contribution >= 0.6 is 24.0 Å². The highest BCUT2D eigenvalue weighted by molar-refractivity contribution is 6.30. The van der Waals surface area contributed by atoms with Crippen LogP contribution in [0.1, 0.15) is 29.6 Å². The van der Waals surface area contributed by atoms with Gasteiger partial charge in [0, 0.05) is 29.8 Å². The number of amides is 1. The Morgan fingerprint density at radius 3 is 2.71 bits per heavy atom. The summed E-state index contributed by atoms with van der Waals surface area (Å²) in [5, 5.41) is 8.45. The summed E-state index contributed by atoms with van der Waals surface area (Å²) in [5.74, 6) is 0.0985. The molecule has 128 valence electrons. The van der Waals surface area contributed by atoms with Gasteiger partial charge in [0.15, 0.2) is 0 Å². The fraction of sp³-hybridized carbons (Fsp3) is 0.412. The third-order valence-corrected chi connectivity index (χ3v) is 5.06. The number of nitrogens with zero attached hydrogens (tertiary/aromatic N) is 3. The predicted octanol–water partition coefficient (Wildman–Crippen LogP) is 2.91. The molecule has 2 aliphatic rings. The van der Waals surface area contributed by atoms with Crippen LogP contribution in [-0.4, -0.2) is 45.8 Å². The van der Waals surface area contributed by atoms with Gasteiger partial charge in [0.05, 0.1) is 17.4 Å². The number of halogens is 2. The van der Waals surface area contributed by atoms with Gasteiger partial charge in [-0.05, 0) is 50.1 Å². The number of hydrogen-bond donors (Lipinski definition) is 1. The fourth-order valence-electron chi connectivity index (χ4n) is 3.63. The second-order valence-electron chi connectivity index (χ2n) is 6.24. The van der Waals surface area contributed by atoms with Crippen molar-refractivity contribution < 1.29 is 4.79 Å². The van der Waals surface area contributed by atoms with Crippen LogP contribution < -0.4 is 5.32 Å². The van der Waals surface area contributed by atoms with Crippen molar-refractivity contribution in [3.8, 4) is 5.69 Å². The van der Waals surface area contributed by atoms with Crippen molar-refractivity contribution in [3.05, 3.63) is 47.2 Å². The van der Waals surface area contributed by atoms with Gasteiger partial charge in [-0.2, -0.15) is 5.10 Å². The summed E-state index contributed by atoms with van der Waals surface area (Å²) in [5.41, 5.74) is 1.55. The van der Waals surface area contributed by atoms with E-state index in [0.29, 0.717) is 22.7 Å². The highest BCUT2D eigenvalue weighted by Gasteiger charge is 2.38. The van der Waals surface area contributed by atoms with E-state index in [1.807, 2.05) is 30.5 Å². The fourth-order valence-corrected chi connectivity index (χ4v) is 3.76. The van der Waals surface area contributed by atoms with Crippen LogP contribution in [0.2, 0.25) is 5.02 Å². The Bertz CT molecular complexity index is 702. The predicted molar refractivity (Wildman–Crippen MR) is 96.3 cm³/mol. The Labute approximate surface area is 152 Å². The van der Waals surface area contributed by atoms with E-state index in [2.05, 4.69) is 15.3 Å². The van der Waals surface area contributed by atoms with Crippen molar-refractivity contribution in [1.82, 2.24) is 20.0 Å². The number of rotatable bonds is 2. The molecule has 5 nitrogen and oxygen atoms in total. The number of carbonyl (C=O) groups is 1. The molecule has 2 aromatic rings. The molecule has 4 rings (SSSR count). The van der Waals surface area contributed by atoms with Gasteiger partial charge in [0.25, 0.3) is 5.91 Å². The first-order chi connectivity index (χ1) is 11.2. The second-order valence-corrected chi connectivity index (χ2v) is 6.68. The lowest BCUT2D eigenvalue weighted by molar-refractivity contribution is 0.0680. The summed E-state index contributed by atoms with van der Waals surface area (Å²) in [6, 6.07) is 8.10. The Kier molecular flexibility index (Phi) is 5.13. The molecule has 0 radical (unpaired) electrons. The third-order valence-electron chi connectivity index (χ3n) is 4.81. The lowest BCUT2D eigenvalue weighted by atomic mass is 10.1. The largest absolute Gasteiger partial charge is 0.331 e. The monoisotopic (exact) mass is 366 g/mol. The lowest BCUT2D eigenvalue weighted by Crippen LogP contribution is -2.42. The third kappa shape index (κ3) is 3.16. The molecule has 2 fully saturated rings. The van der Waals surface area contributed by atoms with E-state index in [-0.39, 0.29) is 18.3 Å². The molecule has 3 heterocycles. The minimum absolute atomic E-state index is 0. The molecule has 1 N–H and O–H groups in total. The molecule has 2 atom stereocenters. The van der Waals surface area contributed by atoms with Crippen LogP contribution in [-0.2, 0) is 0 Å². The number of aromatic nitrogens is 2. The zero-order valence-electron chi connectivity index (χ0n) is 13.2. The maximum atomic E-state index is 12.9. The van der Waals surface area contributed by atoms with Crippen LogP contribution in [0.15, 0.2) is 36.7 Å². The topological polar surface area (TPSA) is 50.2 Å². The average molecular weight is 367 g/mol. The van der Waals surface area contributed by atoms with Crippen LogP contribution in [0.5, 0.6) is 0 Å². The molecule has 24 heavy (non-hydrogen) atoms. The summed E-state index contributed by atoms with van der Waals surface area (Å²) < 4.78 is 1.72. The molecule has 1 aromatic carbocycles. The zero-order valence-corrected chi connectivity index (χ0v) is 14.8. The van der Waals surface area contributed by atoms with Crippen LogP contribution in [0, 0.1) is 0 Å². The van der Waals surface area contributed by atoms with Crippen LogP contribution in [0.25, 0.3) is 5.69 Å². The van der Waals surface area contributed by atoms with Gasteiger partial charge >= 0.3 is 0 Å². The number of hydrogen-bond acceptors (Lipinski definition) is 3. The highest BCUT2D eigenvalue weighted by atomic mass is 35.5. The Morgan fingerprint density at radius 1 is 1.17 bits per heavy atom. The smallest absolute Gasteiger partial charge is 0.257 e. The van der Waals surface area contributed by atoms with E-state index in [1.54, 1.807) is 10.9 Å². The van der Waals surface area contributed by atoms with E-state index in [1.165, 1.54) is 0 Å². The number of fused-ring (bicyclic) bond motifs is 2. The summed E-state index contributed by atoms with van der Waals surface area (Å²) in [6.07, 6.45) is 6.71. The number of carbonyl (C=O) groups excluding carboxylic acids is 1. The standard InChI is InChI=1S/C17H19ClN4O.ClH/c18-13-1-3-14(4-2-13)21-11-12(9-20-21)17(23)22-15-5-6-16(22)10-19-8-7-15;/h1-4,9,11,15-16,19H,5-8,10H2;1H. The molecule has 7 heteroatoms. The Morgan fingerprint density at radius 2 is 1.92 bits per heavy atom. The van der Waals surface area contributed by atoms with Crippen molar-refractivity contribution in [3.63, 3.8) is 0 Å². The van der Waals surface area contributed by atoms with Gasteiger partial charge in [-0.3, -0.25) is 4.79 Å². The Balaban J connectivity index is 0.00000169. The maximum absolute atomic E-state index is 12.9. The van der Waals surface area contributed by atoms with Crippen molar-refractivity contribution in [2.45, 2.75) is 31.3 Å². The summed E-state index contributed by atoms with van der Waals surface area (Å²) in [4.78, 5) is 15.0. The second kappa shape index (κ2) is 7.13. The van der Waals surface area contributed by atoms with E-state index in [9.17, 15) is 4.79 Å². The Hall–Kier alpha value is -1.56. The minimum atomic E-state index is 0. The summed E-state index contributed by atoms with van der Waals surface area (Å²) in [6.45, 7) is 1.89. The van der Waals surface area contributed by atoms with Gasteiger partial charge in [-0.15, -0.1) is 12.4 Å². The van der Waals surface area contributed by atoms with Gasteiger partial charge < -0.3 is 10.2 Å². The van der Waals surface area contributed by atoms with Crippen molar-refractivity contribution in [1.29, 1.82) is 0 Å². The van der Waals surface area contributed by atoms with Crippen LogP contribution in [0.4, 0.5) is 0 Å². The van der Waals surface area contributed by atoms with Crippen molar-refractivity contribution in [2.75, 3.05) is 13.1 Å². The minimum Gasteiger partial charge on any atom is -0.331 e. The quantitative estimate of drug-likeness (QED) is 0.888. The molecule has 0 saturated carbocycles. The first-order valence-corrected chi connectivity index (χ1v) is 8.44. The molecule has 1 aromatic heterocycles. The van der Waals surface area contributed by atoms with Crippen molar-refractivity contribution in [2.24, 2.45) is 0 Å². The van der Waals surface area contributed by atoms with Crippen molar-refractivity contribution >= 4 is 29.9 Å². The number of nitrogens with one attached hydrogen (secondary N) is 1. The molecular weight excluding hydrogens is 347 g/mol. The van der Waals surface area contributed by atoms with Gasteiger partial charge in [0.1, 0.15) is 0 Å². The molecule has 0 aliphatic carbocycles. The van der Waals surface area contributed by atoms with Gasteiger partial charge in [0.2, 0.25) is 0 Å². The highest BCUT2D eigenvalue weighted by Crippen LogP contribution is 2.29. The molecule has 2 saturated heterocycles. The van der Waals surface area contributed by atoms with E-state index in [4.69, 9.17) is 11.6 Å².